The van der Waals surface area contributed by atoms with Crippen molar-refractivity contribution in [2.75, 3.05) is 19.8 Å². The number of esters is 1. The van der Waals surface area contributed by atoms with E-state index in [1.54, 1.807) is 0 Å². The van der Waals surface area contributed by atoms with Crippen LogP contribution in [0.1, 0.15) is 187 Å². The molecule has 3 unspecified atom stereocenters. The smallest absolute Gasteiger partial charge is 0.472 e. The summed E-state index contributed by atoms with van der Waals surface area (Å²) in [7, 11) is -4.77. The molecule has 0 heterocycles. The van der Waals surface area contributed by atoms with Gasteiger partial charge in [0.1, 0.15) is 12.7 Å². The van der Waals surface area contributed by atoms with Gasteiger partial charge in [-0.05, 0) is 83.5 Å². The number of allylic oxidation sites excluding steroid dienone is 10. The van der Waals surface area contributed by atoms with E-state index in [4.69, 9.17) is 13.8 Å². The topological polar surface area (TPSA) is 169 Å². The summed E-state index contributed by atoms with van der Waals surface area (Å²) in [6.45, 7) is 2.53. The van der Waals surface area contributed by atoms with Crippen LogP contribution in [-0.2, 0) is 32.7 Å². The van der Waals surface area contributed by atoms with Crippen molar-refractivity contribution >= 4 is 25.7 Å². The second-order valence-electron chi connectivity index (χ2n) is 15.2. The van der Waals surface area contributed by atoms with Crippen LogP contribution in [0.4, 0.5) is 0 Å². The SMILES string of the molecule is CCCCC/C=C\C/C=C\C/C=C\C/C=C\CCCCCC(=O)NC(COP(=O)(O)OCC(O)COC(=O)CCCCCCC/C=C\CCCCCCCCC)C(=O)O. The van der Waals surface area contributed by atoms with Crippen molar-refractivity contribution in [3.63, 3.8) is 0 Å². The summed E-state index contributed by atoms with van der Waals surface area (Å²) in [5.41, 5.74) is 0. The van der Waals surface area contributed by atoms with Crippen LogP contribution in [-0.4, -0.2) is 64.9 Å². The third kappa shape index (κ3) is 41.7. The van der Waals surface area contributed by atoms with Gasteiger partial charge in [-0.2, -0.15) is 0 Å². The fourth-order valence-electron chi connectivity index (χ4n) is 5.94. The van der Waals surface area contributed by atoms with Gasteiger partial charge in [-0.3, -0.25) is 18.6 Å². The third-order valence-corrected chi connectivity index (χ3v) is 10.5. The zero-order chi connectivity index (χ0) is 43.5. The molecule has 0 bridgehead atoms. The summed E-state index contributed by atoms with van der Waals surface area (Å²) < 4.78 is 26.8. The van der Waals surface area contributed by atoms with Crippen LogP contribution in [0.2, 0.25) is 0 Å². The van der Waals surface area contributed by atoms with Gasteiger partial charge in [0, 0.05) is 12.8 Å². The Bertz CT molecular complexity index is 1230. The first-order valence-electron chi connectivity index (χ1n) is 22.8. The number of nitrogens with one attached hydrogen (secondary N) is 1. The van der Waals surface area contributed by atoms with Crippen molar-refractivity contribution in [3.8, 4) is 0 Å². The lowest BCUT2D eigenvalue weighted by atomic mass is 10.1. The van der Waals surface area contributed by atoms with Crippen molar-refractivity contribution in [3.05, 3.63) is 60.8 Å². The number of aliphatic hydroxyl groups is 1. The van der Waals surface area contributed by atoms with E-state index in [-0.39, 0.29) is 12.8 Å². The molecular formula is C47H82NO10P. The molecular weight excluding hydrogens is 769 g/mol. The van der Waals surface area contributed by atoms with Crippen molar-refractivity contribution < 1.29 is 47.8 Å². The third-order valence-electron chi connectivity index (χ3n) is 9.53. The molecule has 0 rings (SSSR count). The Kier molecular flexibility index (Phi) is 39.9. The molecule has 0 aromatic carbocycles. The molecule has 0 aromatic heterocycles. The monoisotopic (exact) mass is 852 g/mol. The van der Waals surface area contributed by atoms with Crippen LogP contribution in [0.25, 0.3) is 0 Å². The minimum Gasteiger partial charge on any atom is -0.480 e. The van der Waals surface area contributed by atoms with Gasteiger partial charge in [-0.1, -0.05) is 152 Å². The van der Waals surface area contributed by atoms with E-state index in [1.165, 1.54) is 70.6 Å². The molecule has 11 nitrogen and oxygen atoms in total. The molecule has 0 spiro atoms. The highest BCUT2D eigenvalue weighted by Gasteiger charge is 2.28. The van der Waals surface area contributed by atoms with Crippen molar-refractivity contribution in [1.82, 2.24) is 5.32 Å². The molecule has 340 valence electrons. The summed E-state index contributed by atoms with van der Waals surface area (Å²) in [6, 6.07) is -1.57. The minimum absolute atomic E-state index is 0.105. The number of ether oxygens (including phenoxy) is 1. The predicted octanol–water partition coefficient (Wildman–Crippen LogP) is 11.9. The van der Waals surface area contributed by atoms with Gasteiger partial charge >= 0.3 is 19.8 Å². The lowest BCUT2D eigenvalue weighted by Gasteiger charge is -2.18. The van der Waals surface area contributed by atoms with E-state index in [0.29, 0.717) is 12.8 Å². The van der Waals surface area contributed by atoms with Crippen LogP contribution >= 0.6 is 7.82 Å². The molecule has 4 N–H and O–H groups in total. The fraction of sp³-hybridized carbons (Fsp3) is 0.723. The molecule has 0 aliphatic carbocycles. The van der Waals surface area contributed by atoms with Crippen LogP contribution < -0.4 is 5.32 Å². The number of carboxylic acid groups (broad SMARTS) is 1. The summed E-state index contributed by atoms with van der Waals surface area (Å²) >= 11 is 0. The van der Waals surface area contributed by atoms with E-state index in [2.05, 4.69) is 79.9 Å². The molecule has 59 heavy (non-hydrogen) atoms. The Hall–Kier alpha value is -2.82. The summed E-state index contributed by atoms with van der Waals surface area (Å²) in [6.07, 6.45) is 48.1. The van der Waals surface area contributed by atoms with Gasteiger partial charge in [-0.15, -0.1) is 0 Å². The van der Waals surface area contributed by atoms with Crippen molar-refractivity contribution in [2.24, 2.45) is 0 Å². The van der Waals surface area contributed by atoms with Crippen LogP contribution in [0, 0.1) is 0 Å². The number of hydrogen-bond acceptors (Lipinski definition) is 8. The Balaban J connectivity index is 3.97. The van der Waals surface area contributed by atoms with Gasteiger partial charge in [-0.25, -0.2) is 9.36 Å². The number of rotatable bonds is 42. The average molecular weight is 852 g/mol. The maximum atomic E-state index is 12.3. The lowest BCUT2D eigenvalue weighted by Crippen LogP contribution is -2.43. The predicted molar refractivity (Wildman–Crippen MR) is 240 cm³/mol. The second kappa shape index (κ2) is 41.9. The maximum absolute atomic E-state index is 12.3. The van der Waals surface area contributed by atoms with E-state index < -0.39 is 57.6 Å². The summed E-state index contributed by atoms with van der Waals surface area (Å²) in [5.74, 6) is -2.43. The number of hydrogen-bond donors (Lipinski definition) is 4. The Labute approximate surface area is 357 Å². The number of aliphatic hydroxyl groups excluding tert-OH is 1. The van der Waals surface area contributed by atoms with Crippen LogP contribution in [0.15, 0.2) is 60.8 Å². The van der Waals surface area contributed by atoms with E-state index in [1.807, 2.05) is 0 Å². The molecule has 0 aromatic rings. The molecule has 0 fully saturated rings. The Morgan fingerprint density at radius 1 is 0.542 bits per heavy atom. The number of carbonyl (C=O) groups is 3. The number of phosphoric ester groups is 1. The quantitative estimate of drug-likeness (QED) is 0.0201. The molecule has 0 aliphatic rings. The second-order valence-corrected chi connectivity index (χ2v) is 16.7. The zero-order valence-corrected chi connectivity index (χ0v) is 37.7. The Morgan fingerprint density at radius 3 is 1.46 bits per heavy atom. The lowest BCUT2D eigenvalue weighted by molar-refractivity contribution is -0.147. The largest absolute Gasteiger partial charge is 0.480 e. The molecule has 12 heteroatoms. The van der Waals surface area contributed by atoms with Crippen LogP contribution in [0.3, 0.4) is 0 Å². The van der Waals surface area contributed by atoms with Gasteiger partial charge in [0.05, 0.1) is 13.2 Å². The zero-order valence-electron chi connectivity index (χ0n) is 36.8. The van der Waals surface area contributed by atoms with Gasteiger partial charge in [0.2, 0.25) is 5.91 Å². The van der Waals surface area contributed by atoms with Gasteiger partial charge < -0.3 is 25.2 Å². The van der Waals surface area contributed by atoms with E-state index in [9.17, 15) is 34.1 Å². The first-order valence-corrected chi connectivity index (χ1v) is 24.3. The molecule has 0 aliphatic heterocycles. The molecule has 0 saturated heterocycles. The Morgan fingerprint density at radius 2 is 0.932 bits per heavy atom. The highest BCUT2D eigenvalue weighted by Crippen LogP contribution is 2.43. The molecule has 3 atom stereocenters. The average Bonchev–Trinajstić information content (AvgIpc) is 3.21. The van der Waals surface area contributed by atoms with Crippen LogP contribution in [0.5, 0.6) is 0 Å². The molecule has 1 amide bonds. The summed E-state index contributed by atoms with van der Waals surface area (Å²) in [4.78, 5) is 45.9. The van der Waals surface area contributed by atoms with Gasteiger partial charge in [0.15, 0.2) is 6.04 Å². The molecule has 0 saturated carbocycles. The van der Waals surface area contributed by atoms with E-state index in [0.717, 1.165) is 77.0 Å². The number of phosphoric acid groups is 1. The number of unbranched alkanes of at least 4 members (excludes halogenated alkanes) is 18. The number of carbonyl (C=O) groups excluding carboxylic acids is 2. The first kappa shape index (κ1) is 56.2. The highest BCUT2D eigenvalue weighted by molar-refractivity contribution is 7.47. The minimum atomic E-state index is -4.77. The van der Waals surface area contributed by atoms with Crippen molar-refractivity contribution in [1.29, 1.82) is 0 Å². The number of carboxylic acids is 1. The van der Waals surface area contributed by atoms with E-state index >= 15 is 0 Å². The highest BCUT2D eigenvalue weighted by atomic mass is 31.2. The van der Waals surface area contributed by atoms with Crippen molar-refractivity contribution in [2.45, 2.75) is 199 Å². The maximum Gasteiger partial charge on any atom is 0.472 e. The fourth-order valence-corrected chi connectivity index (χ4v) is 6.71. The van der Waals surface area contributed by atoms with Gasteiger partial charge in [0.25, 0.3) is 0 Å². The first-order chi connectivity index (χ1) is 28.6. The number of amides is 1. The summed E-state index contributed by atoms with van der Waals surface area (Å²) in [5, 5.41) is 21.8. The normalized spacial score (nSPS) is 14.2. The number of aliphatic carboxylic acids is 1. The molecule has 0 radical (unpaired) electrons. The standard InChI is InChI=1S/C47H82NO10P/c1-3-5-7-9-11-13-15-17-19-21-22-23-24-26-28-30-32-34-36-38-45(50)48-44(47(52)53)42-58-59(54,55)57-41-43(49)40-56-46(51)39-37-35-33-31-29-27-25-20-18-16-14-12-10-8-6-4-2/h11,13,17,19-20,22-23,25-26,28,43-44,49H,3-10,12,14-16,18,21,24,27,29-42H2,1-2H3,(H,48,50)(H,52,53)(H,54,55)/b13-11-,19-17-,23-22-,25-20-,28-26-.